The maximum atomic E-state index is 9.89. The molecule has 0 saturated carbocycles. The van der Waals surface area contributed by atoms with Crippen LogP contribution in [-0.2, 0) is 0 Å². The second-order valence-electron chi connectivity index (χ2n) is 4.87. The molecule has 114 valence electrons. The number of phenols is 1. The number of likely N-dealkylation sites (N-methyl/N-ethyl adjacent to an activating group) is 1. The van der Waals surface area contributed by atoms with Crippen molar-refractivity contribution in [3.8, 4) is 11.5 Å². The lowest BCUT2D eigenvalue weighted by molar-refractivity contribution is 0.245. The minimum atomic E-state index is -0.00995. The molecule has 1 aromatic rings. The highest BCUT2D eigenvalue weighted by atomic mass is 35.5. The maximum absolute atomic E-state index is 9.89. The van der Waals surface area contributed by atoms with E-state index in [4.69, 9.17) is 22.1 Å². The highest BCUT2D eigenvalue weighted by molar-refractivity contribution is 6.32. The van der Waals surface area contributed by atoms with Crippen LogP contribution in [0, 0.1) is 0 Å². The Kier molecular flexibility index (Phi) is 7.13. The SMILES string of the molecule is CCCCN(C)C(CN)c1cc(Cl)c(O)c(OCC)c1. The summed E-state index contributed by atoms with van der Waals surface area (Å²) < 4.78 is 5.42. The third-order valence-electron chi connectivity index (χ3n) is 3.36. The smallest absolute Gasteiger partial charge is 0.176 e. The lowest BCUT2D eigenvalue weighted by Crippen LogP contribution is -2.31. The number of unbranched alkanes of at least 4 members (excludes halogenated alkanes) is 1. The molecule has 0 saturated heterocycles. The van der Waals surface area contributed by atoms with Crippen molar-refractivity contribution in [1.82, 2.24) is 4.90 Å². The Morgan fingerprint density at radius 1 is 1.40 bits per heavy atom. The van der Waals surface area contributed by atoms with E-state index in [0.717, 1.165) is 24.9 Å². The molecule has 0 spiro atoms. The molecule has 0 bridgehead atoms. The summed E-state index contributed by atoms with van der Waals surface area (Å²) in [7, 11) is 2.05. The standard InChI is InChI=1S/C15H25ClN2O2/c1-4-6-7-18(3)13(10-17)11-8-12(16)15(19)14(9-11)20-5-2/h8-9,13,19H,4-7,10,17H2,1-3H3. The van der Waals surface area contributed by atoms with Crippen LogP contribution in [0.2, 0.25) is 5.02 Å². The van der Waals surface area contributed by atoms with Gasteiger partial charge in [0.2, 0.25) is 0 Å². The third kappa shape index (κ3) is 4.27. The van der Waals surface area contributed by atoms with E-state index in [2.05, 4.69) is 11.8 Å². The summed E-state index contributed by atoms with van der Waals surface area (Å²) in [5, 5.41) is 10.2. The van der Waals surface area contributed by atoms with Crippen LogP contribution in [0.1, 0.15) is 38.3 Å². The highest BCUT2D eigenvalue weighted by Gasteiger charge is 2.19. The van der Waals surface area contributed by atoms with Crippen LogP contribution in [0.5, 0.6) is 11.5 Å². The molecule has 1 aromatic carbocycles. The topological polar surface area (TPSA) is 58.7 Å². The van der Waals surface area contributed by atoms with Crippen LogP contribution < -0.4 is 10.5 Å². The van der Waals surface area contributed by atoms with Gasteiger partial charge in [0.25, 0.3) is 0 Å². The molecule has 5 heteroatoms. The lowest BCUT2D eigenvalue weighted by atomic mass is 10.0. The Morgan fingerprint density at radius 2 is 2.10 bits per heavy atom. The van der Waals surface area contributed by atoms with Gasteiger partial charge in [-0.15, -0.1) is 0 Å². The van der Waals surface area contributed by atoms with Gasteiger partial charge in [-0.05, 0) is 44.6 Å². The Morgan fingerprint density at radius 3 is 2.65 bits per heavy atom. The van der Waals surface area contributed by atoms with Gasteiger partial charge >= 0.3 is 0 Å². The van der Waals surface area contributed by atoms with Gasteiger partial charge in [-0.1, -0.05) is 24.9 Å². The largest absolute Gasteiger partial charge is 0.503 e. The molecule has 0 fully saturated rings. The first-order chi connectivity index (χ1) is 9.54. The van der Waals surface area contributed by atoms with Crippen molar-refractivity contribution in [3.63, 3.8) is 0 Å². The quantitative estimate of drug-likeness (QED) is 0.774. The second-order valence-corrected chi connectivity index (χ2v) is 5.28. The average molecular weight is 301 g/mol. The van der Waals surface area contributed by atoms with Gasteiger partial charge in [-0.2, -0.15) is 0 Å². The number of phenolic OH excluding ortho intramolecular Hbond substituents is 1. The number of aromatic hydroxyl groups is 1. The van der Waals surface area contributed by atoms with Crippen LogP contribution >= 0.6 is 11.6 Å². The van der Waals surface area contributed by atoms with Crippen molar-refractivity contribution in [2.75, 3.05) is 26.7 Å². The molecule has 0 aliphatic carbocycles. The predicted octanol–water partition coefficient (Wildman–Crippen LogP) is 3.18. The van der Waals surface area contributed by atoms with E-state index in [9.17, 15) is 5.11 Å². The zero-order valence-electron chi connectivity index (χ0n) is 12.5. The van der Waals surface area contributed by atoms with E-state index in [1.807, 2.05) is 20.0 Å². The number of nitrogens with zero attached hydrogens (tertiary/aromatic N) is 1. The molecule has 1 atom stereocenters. The van der Waals surface area contributed by atoms with Crippen molar-refractivity contribution in [2.45, 2.75) is 32.7 Å². The van der Waals surface area contributed by atoms with Crippen molar-refractivity contribution < 1.29 is 9.84 Å². The zero-order chi connectivity index (χ0) is 15.1. The fourth-order valence-corrected chi connectivity index (χ4v) is 2.40. The Hall–Kier alpha value is -0.970. The normalized spacial score (nSPS) is 12.7. The number of benzene rings is 1. The first-order valence-electron chi connectivity index (χ1n) is 7.10. The number of ether oxygens (including phenoxy) is 1. The number of halogens is 1. The molecule has 3 N–H and O–H groups in total. The number of hydrogen-bond acceptors (Lipinski definition) is 4. The summed E-state index contributed by atoms with van der Waals surface area (Å²) in [6, 6.07) is 3.66. The lowest BCUT2D eigenvalue weighted by Gasteiger charge is -2.28. The third-order valence-corrected chi connectivity index (χ3v) is 3.64. The van der Waals surface area contributed by atoms with Gasteiger partial charge < -0.3 is 15.6 Å². The van der Waals surface area contributed by atoms with E-state index < -0.39 is 0 Å². The van der Waals surface area contributed by atoms with Crippen molar-refractivity contribution in [1.29, 1.82) is 0 Å². The Labute approximate surface area is 126 Å². The van der Waals surface area contributed by atoms with Crippen molar-refractivity contribution >= 4 is 11.6 Å². The average Bonchev–Trinajstić information content (AvgIpc) is 2.43. The molecule has 0 aliphatic heterocycles. The maximum Gasteiger partial charge on any atom is 0.176 e. The van der Waals surface area contributed by atoms with E-state index in [0.29, 0.717) is 23.9 Å². The van der Waals surface area contributed by atoms with E-state index in [1.54, 1.807) is 6.07 Å². The molecule has 0 radical (unpaired) electrons. The van der Waals surface area contributed by atoms with Crippen LogP contribution in [0.3, 0.4) is 0 Å². The summed E-state index contributed by atoms with van der Waals surface area (Å²) >= 11 is 6.08. The molecular formula is C15H25ClN2O2. The summed E-state index contributed by atoms with van der Waals surface area (Å²) in [4.78, 5) is 2.21. The second kappa shape index (κ2) is 8.35. The molecule has 0 heterocycles. The summed E-state index contributed by atoms with van der Waals surface area (Å²) in [5.41, 5.74) is 6.87. The van der Waals surface area contributed by atoms with Gasteiger partial charge in [0, 0.05) is 12.6 Å². The highest BCUT2D eigenvalue weighted by Crippen LogP contribution is 2.37. The van der Waals surface area contributed by atoms with Crippen LogP contribution in [0.25, 0.3) is 0 Å². The first kappa shape index (κ1) is 17.1. The van der Waals surface area contributed by atoms with Crippen LogP contribution in [-0.4, -0.2) is 36.8 Å². The predicted molar refractivity (Wildman–Crippen MR) is 83.6 cm³/mol. The molecule has 1 unspecified atom stereocenters. The van der Waals surface area contributed by atoms with E-state index >= 15 is 0 Å². The van der Waals surface area contributed by atoms with Gasteiger partial charge in [0.15, 0.2) is 11.5 Å². The van der Waals surface area contributed by atoms with Crippen molar-refractivity contribution in [3.05, 3.63) is 22.7 Å². The fourth-order valence-electron chi connectivity index (χ4n) is 2.19. The van der Waals surface area contributed by atoms with Gasteiger partial charge in [0.05, 0.1) is 11.6 Å². The Bertz CT molecular complexity index is 427. The molecule has 0 amide bonds. The molecule has 1 rings (SSSR count). The first-order valence-corrected chi connectivity index (χ1v) is 7.48. The zero-order valence-corrected chi connectivity index (χ0v) is 13.3. The van der Waals surface area contributed by atoms with Crippen LogP contribution in [0.15, 0.2) is 12.1 Å². The van der Waals surface area contributed by atoms with Gasteiger partial charge in [-0.3, -0.25) is 4.90 Å². The number of rotatable bonds is 8. The monoisotopic (exact) mass is 300 g/mol. The summed E-state index contributed by atoms with van der Waals surface area (Å²) in [6.45, 7) is 5.98. The summed E-state index contributed by atoms with van der Waals surface area (Å²) in [5.74, 6) is 0.404. The van der Waals surface area contributed by atoms with Crippen LogP contribution in [0.4, 0.5) is 0 Å². The molecule has 0 aliphatic rings. The minimum Gasteiger partial charge on any atom is -0.503 e. The number of hydrogen-bond donors (Lipinski definition) is 2. The van der Waals surface area contributed by atoms with Gasteiger partial charge in [0.1, 0.15) is 0 Å². The Balaban J connectivity index is 3.02. The van der Waals surface area contributed by atoms with Crippen molar-refractivity contribution in [2.24, 2.45) is 5.73 Å². The van der Waals surface area contributed by atoms with E-state index in [-0.39, 0.29) is 11.8 Å². The summed E-state index contributed by atoms with van der Waals surface area (Å²) in [6.07, 6.45) is 2.26. The fraction of sp³-hybridized carbons (Fsp3) is 0.600. The van der Waals surface area contributed by atoms with Gasteiger partial charge in [-0.25, -0.2) is 0 Å². The molecular weight excluding hydrogens is 276 g/mol. The number of nitrogens with two attached hydrogens (primary N) is 1. The molecule has 0 aromatic heterocycles. The van der Waals surface area contributed by atoms with E-state index in [1.165, 1.54) is 0 Å². The minimum absolute atomic E-state index is 0.00995. The molecule has 4 nitrogen and oxygen atoms in total. The molecule has 20 heavy (non-hydrogen) atoms.